The molecule has 0 aliphatic heterocycles. The molecule has 0 aromatic heterocycles. The van der Waals surface area contributed by atoms with Crippen LogP contribution in [0, 0.1) is 10.1 Å². The van der Waals surface area contributed by atoms with Gasteiger partial charge in [-0.3, -0.25) is 10.1 Å². The molecule has 0 atom stereocenters. The van der Waals surface area contributed by atoms with Crippen LogP contribution in [-0.4, -0.2) is 4.92 Å². The molecule has 0 N–H and O–H groups in total. The van der Waals surface area contributed by atoms with Crippen LogP contribution in [0.5, 0.6) is 11.5 Å². The molecule has 0 saturated carbocycles. The second-order valence-electron chi connectivity index (χ2n) is 4.37. The van der Waals surface area contributed by atoms with Crippen LogP contribution in [-0.2, 0) is 6.42 Å². The average Bonchev–Trinajstić information content (AvgIpc) is 2.43. The van der Waals surface area contributed by atoms with E-state index in [1.807, 2.05) is 24.3 Å². The summed E-state index contributed by atoms with van der Waals surface area (Å²) in [6.45, 7) is 2.12. The van der Waals surface area contributed by atoms with Crippen molar-refractivity contribution in [1.29, 1.82) is 0 Å². The van der Waals surface area contributed by atoms with E-state index in [-0.39, 0.29) is 11.4 Å². The number of nitro benzene ring substituents is 1. The lowest BCUT2D eigenvalue weighted by Crippen LogP contribution is -1.93. The second kappa shape index (κ2) is 6.52. The lowest BCUT2D eigenvalue weighted by Gasteiger charge is -2.07. The number of rotatable bonds is 5. The molecular formula is C15H14BrNO3. The fourth-order valence-corrected chi connectivity index (χ4v) is 2.21. The number of benzene rings is 2. The Morgan fingerprint density at radius 3 is 2.50 bits per heavy atom. The van der Waals surface area contributed by atoms with E-state index in [1.165, 1.54) is 11.6 Å². The largest absolute Gasteiger partial charge is 0.450 e. The van der Waals surface area contributed by atoms with Gasteiger partial charge in [-0.25, -0.2) is 0 Å². The van der Waals surface area contributed by atoms with Gasteiger partial charge in [-0.15, -0.1) is 0 Å². The first-order chi connectivity index (χ1) is 9.60. The lowest BCUT2D eigenvalue weighted by molar-refractivity contribution is -0.385. The zero-order valence-electron chi connectivity index (χ0n) is 11.0. The smallest absolute Gasteiger partial charge is 0.312 e. The highest BCUT2D eigenvalue weighted by Gasteiger charge is 2.16. The van der Waals surface area contributed by atoms with E-state index < -0.39 is 4.92 Å². The summed E-state index contributed by atoms with van der Waals surface area (Å²) in [6, 6.07) is 12.3. The van der Waals surface area contributed by atoms with Crippen LogP contribution in [0.2, 0.25) is 0 Å². The summed E-state index contributed by atoms with van der Waals surface area (Å²) in [5, 5.41) is 11.0. The van der Waals surface area contributed by atoms with Crippen molar-refractivity contribution in [2.75, 3.05) is 0 Å². The Morgan fingerprint density at radius 2 is 1.90 bits per heavy atom. The molecule has 0 bridgehead atoms. The minimum absolute atomic E-state index is 0.0583. The number of nitro groups is 1. The summed E-state index contributed by atoms with van der Waals surface area (Å²) < 4.78 is 6.24. The highest BCUT2D eigenvalue weighted by atomic mass is 79.9. The molecule has 0 saturated heterocycles. The highest BCUT2D eigenvalue weighted by molar-refractivity contribution is 9.10. The number of aryl methyl sites for hydroxylation is 1. The van der Waals surface area contributed by atoms with Crippen LogP contribution in [0.4, 0.5) is 5.69 Å². The van der Waals surface area contributed by atoms with Gasteiger partial charge in [-0.1, -0.05) is 41.4 Å². The molecule has 0 amide bonds. The quantitative estimate of drug-likeness (QED) is 0.564. The third kappa shape index (κ3) is 3.57. The summed E-state index contributed by atoms with van der Waals surface area (Å²) in [5.74, 6) is 0.830. The van der Waals surface area contributed by atoms with Crippen LogP contribution in [0.1, 0.15) is 18.9 Å². The van der Waals surface area contributed by atoms with Crippen molar-refractivity contribution in [3.63, 3.8) is 0 Å². The van der Waals surface area contributed by atoms with Crippen molar-refractivity contribution in [2.45, 2.75) is 19.8 Å². The van der Waals surface area contributed by atoms with Gasteiger partial charge < -0.3 is 4.74 Å². The van der Waals surface area contributed by atoms with Gasteiger partial charge in [0, 0.05) is 10.5 Å². The summed E-state index contributed by atoms with van der Waals surface area (Å²) in [5.41, 5.74) is 1.17. The maximum absolute atomic E-state index is 11.0. The lowest BCUT2D eigenvalue weighted by atomic mass is 10.1. The zero-order chi connectivity index (χ0) is 14.5. The molecule has 0 heterocycles. The maximum atomic E-state index is 11.0. The molecule has 5 heteroatoms. The maximum Gasteiger partial charge on any atom is 0.312 e. The van der Waals surface area contributed by atoms with Gasteiger partial charge in [0.15, 0.2) is 0 Å². The van der Waals surface area contributed by atoms with E-state index in [9.17, 15) is 10.1 Å². The Morgan fingerprint density at radius 1 is 1.20 bits per heavy atom. The summed E-state index contributed by atoms with van der Waals surface area (Å²) in [4.78, 5) is 10.6. The van der Waals surface area contributed by atoms with Crippen LogP contribution in [0.15, 0.2) is 46.9 Å². The molecule has 2 rings (SSSR count). The minimum atomic E-state index is -0.453. The van der Waals surface area contributed by atoms with Crippen molar-refractivity contribution >= 4 is 21.6 Å². The first-order valence-electron chi connectivity index (χ1n) is 6.31. The Balaban J connectivity index is 2.23. The SMILES string of the molecule is CCCc1ccc(Oc2ccc(Br)cc2[N+](=O)[O-])cc1. The number of hydrogen-bond donors (Lipinski definition) is 0. The Kier molecular flexibility index (Phi) is 4.74. The van der Waals surface area contributed by atoms with E-state index in [2.05, 4.69) is 22.9 Å². The summed E-state index contributed by atoms with van der Waals surface area (Å²) in [6.07, 6.45) is 2.09. The topological polar surface area (TPSA) is 52.4 Å². The molecule has 2 aromatic rings. The third-order valence-corrected chi connectivity index (χ3v) is 3.30. The fraction of sp³-hybridized carbons (Fsp3) is 0.200. The number of nitrogens with zero attached hydrogens (tertiary/aromatic N) is 1. The van der Waals surface area contributed by atoms with Gasteiger partial charge in [-0.2, -0.15) is 0 Å². The Hall–Kier alpha value is -1.88. The zero-order valence-corrected chi connectivity index (χ0v) is 12.6. The molecule has 104 valence electrons. The van der Waals surface area contributed by atoms with Gasteiger partial charge in [0.25, 0.3) is 0 Å². The Bertz CT molecular complexity index is 611. The molecule has 20 heavy (non-hydrogen) atoms. The monoisotopic (exact) mass is 335 g/mol. The van der Waals surface area contributed by atoms with Crippen molar-refractivity contribution in [2.24, 2.45) is 0 Å². The average molecular weight is 336 g/mol. The molecule has 0 aliphatic carbocycles. The standard InChI is InChI=1S/C15H14BrNO3/c1-2-3-11-4-7-13(8-5-11)20-15-9-6-12(16)10-14(15)17(18)19/h4-10H,2-3H2,1H3. The third-order valence-electron chi connectivity index (χ3n) is 2.81. The van der Waals surface area contributed by atoms with Gasteiger partial charge in [0.1, 0.15) is 5.75 Å². The van der Waals surface area contributed by atoms with Crippen molar-refractivity contribution < 1.29 is 9.66 Å². The van der Waals surface area contributed by atoms with Gasteiger partial charge in [0.2, 0.25) is 5.75 Å². The Labute approximate surface area is 125 Å². The predicted molar refractivity (Wildman–Crippen MR) is 81.3 cm³/mol. The summed E-state index contributed by atoms with van der Waals surface area (Å²) in [7, 11) is 0. The normalized spacial score (nSPS) is 10.3. The molecule has 0 fully saturated rings. The molecule has 2 aromatic carbocycles. The van der Waals surface area contributed by atoms with E-state index in [4.69, 9.17) is 4.74 Å². The van der Waals surface area contributed by atoms with Gasteiger partial charge in [-0.05, 0) is 36.2 Å². The highest BCUT2D eigenvalue weighted by Crippen LogP contribution is 2.33. The molecule has 4 nitrogen and oxygen atoms in total. The number of halogens is 1. The first kappa shape index (κ1) is 14.5. The fourth-order valence-electron chi connectivity index (χ4n) is 1.86. The van der Waals surface area contributed by atoms with Crippen molar-refractivity contribution in [3.8, 4) is 11.5 Å². The summed E-state index contributed by atoms with van der Waals surface area (Å²) >= 11 is 3.22. The molecule has 0 aliphatic rings. The second-order valence-corrected chi connectivity index (χ2v) is 5.28. The minimum Gasteiger partial charge on any atom is -0.450 e. The van der Waals surface area contributed by atoms with E-state index in [1.54, 1.807) is 12.1 Å². The van der Waals surface area contributed by atoms with E-state index in [0.717, 1.165) is 12.8 Å². The number of hydrogen-bond acceptors (Lipinski definition) is 3. The molecule has 0 spiro atoms. The predicted octanol–water partition coefficient (Wildman–Crippen LogP) is 5.10. The van der Waals surface area contributed by atoms with E-state index >= 15 is 0 Å². The molecular weight excluding hydrogens is 322 g/mol. The first-order valence-corrected chi connectivity index (χ1v) is 7.10. The van der Waals surface area contributed by atoms with Crippen molar-refractivity contribution in [1.82, 2.24) is 0 Å². The van der Waals surface area contributed by atoms with Crippen LogP contribution >= 0.6 is 15.9 Å². The van der Waals surface area contributed by atoms with E-state index in [0.29, 0.717) is 10.2 Å². The van der Waals surface area contributed by atoms with Crippen LogP contribution in [0.3, 0.4) is 0 Å². The number of ether oxygens (including phenoxy) is 1. The molecule has 0 radical (unpaired) electrons. The van der Waals surface area contributed by atoms with Crippen LogP contribution < -0.4 is 4.74 Å². The van der Waals surface area contributed by atoms with Gasteiger partial charge in [0.05, 0.1) is 4.92 Å². The van der Waals surface area contributed by atoms with Crippen molar-refractivity contribution in [3.05, 3.63) is 62.6 Å². The van der Waals surface area contributed by atoms with Gasteiger partial charge >= 0.3 is 5.69 Å². The van der Waals surface area contributed by atoms with Crippen LogP contribution in [0.25, 0.3) is 0 Å². The molecule has 0 unspecified atom stereocenters.